The fraction of sp³-hybridized carbons (Fsp3) is 0.125. The SMILES string of the molecule is Cc1ccc(SOC(=O)O)cc1. The van der Waals surface area contributed by atoms with Gasteiger partial charge in [-0.3, -0.25) is 0 Å². The zero-order valence-electron chi connectivity index (χ0n) is 6.48. The number of carboxylic acid groups (broad SMARTS) is 1. The van der Waals surface area contributed by atoms with Gasteiger partial charge in [-0.1, -0.05) is 17.7 Å². The van der Waals surface area contributed by atoms with Crippen molar-refractivity contribution in [3.05, 3.63) is 29.8 Å². The zero-order valence-corrected chi connectivity index (χ0v) is 7.30. The third-order valence-electron chi connectivity index (χ3n) is 1.23. The van der Waals surface area contributed by atoms with E-state index in [4.69, 9.17) is 5.11 Å². The van der Waals surface area contributed by atoms with Crippen LogP contribution >= 0.6 is 12.0 Å². The summed E-state index contributed by atoms with van der Waals surface area (Å²) < 4.78 is 4.30. The van der Waals surface area contributed by atoms with Crippen LogP contribution in [0.4, 0.5) is 4.79 Å². The molecule has 0 atom stereocenters. The Balaban J connectivity index is 2.53. The number of hydrogen-bond acceptors (Lipinski definition) is 3. The van der Waals surface area contributed by atoms with Crippen LogP contribution in [0.25, 0.3) is 0 Å². The maximum atomic E-state index is 10.00. The first-order chi connectivity index (χ1) is 5.68. The van der Waals surface area contributed by atoms with Crippen LogP contribution in [0.2, 0.25) is 0 Å². The van der Waals surface area contributed by atoms with Crippen LogP contribution in [0.5, 0.6) is 0 Å². The Morgan fingerprint density at radius 1 is 1.42 bits per heavy atom. The molecule has 0 unspecified atom stereocenters. The van der Waals surface area contributed by atoms with Gasteiger partial charge < -0.3 is 9.29 Å². The summed E-state index contributed by atoms with van der Waals surface area (Å²) in [4.78, 5) is 10.8. The summed E-state index contributed by atoms with van der Waals surface area (Å²) in [6.07, 6.45) is -1.28. The molecule has 0 heterocycles. The highest BCUT2D eigenvalue weighted by Crippen LogP contribution is 2.18. The van der Waals surface area contributed by atoms with E-state index >= 15 is 0 Å². The fourth-order valence-corrected chi connectivity index (χ4v) is 1.09. The first-order valence-electron chi connectivity index (χ1n) is 3.32. The summed E-state index contributed by atoms with van der Waals surface area (Å²) in [7, 11) is 0. The third kappa shape index (κ3) is 2.84. The van der Waals surface area contributed by atoms with Gasteiger partial charge in [-0.25, -0.2) is 4.79 Å². The molecule has 0 amide bonds. The lowest BCUT2D eigenvalue weighted by atomic mass is 10.2. The van der Waals surface area contributed by atoms with E-state index in [-0.39, 0.29) is 0 Å². The first kappa shape index (κ1) is 8.93. The molecule has 0 saturated heterocycles. The maximum Gasteiger partial charge on any atom is 0.518 e. The van der Waals surface area contributed by atoms with Crippen molar-refractivity contribution in [2.24, 2.45) is 0 Å². The lowest BCUT2D eigenvalue weighted by molar-refractivity contribution is 0.153. The standard InChI is InChI=1S/C8H8O3S/c1-6-2-4-7(5-3-6)12-11-8(9)10/h2-5H,1H3,(H,9,10). The van der Waals surface area contributed by atoms with Gasteiger partial charge >= 0.3 is 6.16 Å². The predicted octanol–water partition coefficient (Wildman–Crippen LogP) is 2.70. The molecule has 0 aliphatic carbocycles. The zero-order chi connectivity index (χ0) is 8.97. The van der Waals surface area contributed by atoms with Crippen molar-refractivity contribution in [1.29, 1.82) is 0 Å². The monoisotopic (exact) mass is 184 g/mol. The Morgan fingerprint density at radius 2 is 2.00 bits per heavy atom. The molecular weight excluding hydrogens is 176 g/mol. The predicted molar refractivity (Wildman–Crippen MR) is 46.1 cm³/mol. The highest BCUT2D eigenvalue weighted by atomic mass is 32.2. The number of benzene rings is 1. The maximum absolute atomic E-state index is 10.00. The average molecular weight is 184 g/mol. The number of carbonyl (C=O) groups is 1. The van der Waals surface area contributed by atoms with Gasteiger partial charge in [0.05, 0.1) is 12.0 Å². The largest absolute Gasteiger partial charge is 0.518 e. The van der Waals surface area contributed by atoms with Crippen molar-refractivity contribution in [1.82, 2.24) is 0 Å². The van der Waals surface area contributed by atoms with Gasteiger partial charge in [0.2, 0.25) is 0 Å². The smallest absolute Gasteiger partial charge is 0.449 e. The van der Waals surface area contributed by atoms with E-state index in [9.17, 15) is 4.79 Å². The molecule has 64 valence electrons. The molecule has 1 rings (SSSR count). The molecule has 12 heavy (non-hydrogen) atoms. The van der Waals surface area contributed by atoms with Crippen LogP contribution in [0.15, 0.2) is 29.2 Å². The Kier molecular flexibility index (Phi) is 2.99. The quantitative estimate of drug-likeness (QED) is 0.718. The van der Waals surface area contributed by atoms with Gasteiger partial charge in [0.15, 0.2) is 0 Å². The van der Waals surface area contributed by atoms with E-state index in [1.807, 2.05) is 31.2 Å². The van der Waals surface area contributed by atoms with Gasteiger partial charge in [-0.2, -0.15) is 0 Å². The second-order valence-corrected chi connectivity index (χ2v) is 3.05. The molecule has 0 aromatic heterocycles. The molecule has 1 N–H and O–H groups in total. The summed E-state index contributed by atoms with van der Waals surface area (Å²) in [5.41, 5.74) is 1.13. The van der Waals surface area contributed by atoms with Crippen molar-refractivity contribution < 1.29 is 14.1 Å². The summed E-state index contributed by atoms with van der Waals surface area (Å²) in [5, 5.41) is 8.19. The Morgan fingerprint density at radius 3 is 2.50 bits per heavy atom. The molecule has 3 nitrogen and oxygen atoms in total. The highest BCUT2D eigenvalue weighted by Gasteiger charge is 1.99. The molecule has 0 aliphatic rings. The first-order valence-corrected chi connectivity index (χ1v) is 4.07. The van der Waals surface area contributed by atoms with Crippen LogP contribution in [-0.2, 0) is 4.18 Å². The number of hydrogen-bond donors (Lipinski definition) is 1. The number of aryl methyl sites for hydroxylation is 1. The van der Waals surface area contributed by atoms with E-state index in [1.54, 1.807) is 0 Å². The van der Waals surface area contributed by atoms with Crippen molar-refractivity contribution in [2.75, 3.05) is 0 Å². The van der Waals surface area contributed by atoms with Crippen molar-refractivity contribution in [2.45, 2.75) is 11.8 Å². The van der Waals surface area contributed by atoms with Crippen LogP contribution in [-0.4, -0.2) is 11.3 Å². The van der Waals surface area contributed by atoms with Crippen LogP contribution in [0, 0.1) is 6.92 Å². The number of rotatable bonds is 2. The summed E-state index contributed by atoms with van der Waals surface area (Å²) in [5.74, 6) is 0. The fourth-order valence-electron chi connectivity index (χ4n) is 0.678. The van der Waals surface area contributed by atoms with Gasteiger partial charge in [0.1, 0.15) is 0 Å². The Hall–Kier alpha value is -1.16. The molecule has 0 radical (unpaired) electrons. The third-order valence-corrected chi connectivity index (χ3v) is 1.92. The minimum atomic E-state index is -1.28. The summed E-state index contributed by atoms with van der Waals surface area (Å²) in [6, 6.07) is 7.41. The highest BCUT2D eigenvalue weighted by molar-refractivity contribution is 7.95. The van der Waals surface area contributed by atoms with E-state index in [2.05, 4.69) is 4.18 Å². The van der Waals surface area contributed by atoms with Gasteiger partial charge in [0.25, 0.3) is 0 Å². The average Bonchev–Trinajstić information content (AvgIpc) is 2.03. The second-order valence-electron chi connectivity index (χ2n) is 2.25. The molecule has 0 bridgehead atoms. The molecule has 0 spiro atoms. The second kappa shape index (κ2) is 4.01. The van der Waals surface area contributed by atoms with E-state index in [0.29, 0.717) is 0 Å². The normalized spacial score (nSPS) is 9.42. The minimum Gasteiger partial charge on any atom is -0.449 e. The van der Waals surface area contributed by atoms with E-state index in [0.717, 1.165) is 22.5 Å². The molecule has 0 aliphatic heterocycles. The van der Waals surface area contributed by atoms with Crippen LogP contribution in [0.1, 0.15) is 5.56 Å². The van der Waals surface area contributed by atoms with Gasteiger partial charge in [-0.05, 0) is 19.1 Å². The Bertz CT molecular complexity index is 268. The molecule has 0 saturated carbocycles. The van der Waals surface area contributed by atoms with Gasteiger partial charge in [0, 0.05) is 4.90 Å². The molecule has 1 aromatic carbocycles. The van der Waals surface area contributed by atoms with Crippen molar-refractivity contribution >= 4 is 18.2 Å². The molecular formula is C8H8O3S. The molecule has 0 fully saturated rings. The topological polar surface area (TPSA) is 46.5 Å². The molecule has 4 heteroatoms. The Labute approximate surface area is 74.6 Å². The van der Waals surface area contributed by atoms with Gasteiger partial charge in [-0.15, -0.1) is 0 Å². The summed E-state index contributed by atoms with van der Waals surface area (Å²) in [6.45, 7) is 1.96. The van der Waals surface area contributed by atoms with Crippen molar-refractivity contribution in [3.8, 4) is 0 Å². The van der Waals surface area contributed by atoms with E-state index in [1.165, 1.54) is 0 Å². The lowest BCUT2D eigenvalue weighted by Crippen LogP contribution is -1.90. The lowest BCUT2D eigenvalue weighted by Gasteiger charge is -1.97. The van der Waals surface area contributed by atoms with Crippen LogP contribution in [0.3, 0.4) is 0 Å². The minimum absolute atomic E-state index is 0.781. The van der Waals surface area contributed by atoms with Crippen LogP contribution < -0.4 is 0 Å². The van der Waals surface area contributed by atoms with Crippen molar-refractivity contribution in [3.63, 3.8) is 0 Å². The summed E-state index contributed by atoms with van der Waals surface area (Å²) >= 11 is 0.838. The molecule has 1 aromatic rings. The van der Waals surface area contributed by atoms with E-state index < -0.39 is 6.16 Å².